The third-order valence-electron chi connectivity index (χ3n) is 2.98. The minimum Gasteiger partial charge on any atom is -0.347 e. The van der Waals surface area contributed by atoms with E-state index in [1.165, 1.54) is 0 Å². The predicted octanol–water partition coefficient (Wildman–Crippen LogP) is 0.210. The Morgan fingerprint density at radius 1 is 1.69 bits per heavy atom. The standard InChI is InChI=1S/C11H18N4O/c1-8-6-10(14-15(8)2)11(16)13-9-4-3-5-12-7-9/h6,9,12H,3-5,7H2,1-2H3,(H,13,16)/t9-/m1/s1. The van der Waals surface area contributed by atoms with Gasteiger partial charge in [0.2, 0.25) is 0 Å². The maximum Gasteiger partial charge on any atom is 0.272 e. The first-order chi connectivity index (χ1) is 7.66. The SMILES string of the molecule is Cc1cc(C(=O)N[C@@H]2CCCNC2)nn1C. The van der Waals surface area contributed by atoms with E-state index in [0.717, 1.165) is 31.6 Å². The number of hydrogen-bond donors (Lipinski definition) is 2. The van der Waals surface area contributed by atoms with Gasteiger partial charge in [-0.2, -0.15) is 5.10 Å². The van der Waals surface area contributed by atoms with E-state index in [2.05, 4.69) is 15.7 Å². The zero-order valence-corrected chi connectivity index (χ0v) is 9.79. The molecule has 1 atom stereocenters. The van der Waals surface area contributed by atoms with Gasteiger partial charge in [0.15, 0.2) is 0 Å². The number of nitrogens with one attached hydrogen (secondary N) is 2. The van der Waals surface area contributed by atoms with Crippen LogP contribution in [0.25, 0.3) is 0 Å². The van der Waals surface area contributed by atoms with E-state index in [4.69, 9.17) is 0 Å². The largest absolute Gasteiger partial charge is 0.347 e. The Bertz CT molecular complexity index is 360. The maximum atomic E-state index is 11.9. The van der Waals surface area contributed by atoms with Gasteiger partial charge < -0.3 is 10.6 Å². The van der Waals surface area contributed by atoms with E-state index in [1.54, 1.807) is 4.68 Å². The Morgan fingerprint density at radius 3 is 3.06 bits per heavy atom. The highest BCUT2D eigenvalue weighted by Crippen LogP contribution is 2.05. The van der Waals surface area contributed by atoms with Crippen LogP contribution in [-0.2, 0) is 7.05 Å². The van der Waals surface area contributed by atoms with Crippen LogP contribution in [-0.4, -0.2) is 34.8 Å². The van der Waals surface area contributed by atoms with Crippen LogP contribution in [0.4, 0.5) is 0 Å². The van der Waals surface area contributed by atoms with Crippen LogP contribution in [0.2, 0.25) is 0 Å². The maximum absolute atomic E-state index is 11.9. The highest BCUT2D eigenvalue weighted by atomic mass is 16.2. The molecule has 16 heavy (non-hydrogen) atoms. The topological polar surface area (TPSA) is 59.0 Å². The average Bonchev–Trinajstić information content (AvgIpc) is 2.61. The quantitative estimate of drug-likeness (QED) is 0.752. The van der Waals surface area contributed by atoms with Crippen LogP contribution in [0.1, 0.15) is 29.0 Å². The Balaban J connectivity index is 1.96. The normalized spacial score (nSPS) is 20.8. The first kappa shape index (κ1) is 11.1. The van der Waals surface area contributed by atoms with Gasteiger partial charge in [0.1, 0.15) is 5.69 Å². The molecule has 0 bridgehead atoms. The number of hydrogen-bond acceptors (Lipinski definition) is 3. The van der Waals surface area contributed by atoms with E-state index in [-0.39, 0.29) is 11.9 Å². The summed E-state index contributed by atoms with van der Waals surface area (Å²) < 4.78 is 1.72. The van der Waals surface area contributed by atoms with Crippen molar-refractivity contribution in [2.24, 2.45) is 7.05 Å². The zero-order chi connectivity index (χ0) is 11.5. The third kappa shape index (κ3) is 2.41. The van der Waals surface area contributed by atoms with E-state index in [0.29, 0.717) is 5.69 Å². The molecule has 0 radical (unpaired) electrons. The van der Waals surface area contributed by atoms with E-state index >= 15 is 0 Å². The Hall–Kier alpha value is -1.36. The van der Waals surface area contributed by atoms with Crippen LogP contribution >= 0.6 is 0 Å². The summed E-state index contributed by atoms with van der Waals surface area (Å²) in [5.41, 5.74) is 1.50. The number of amides is 1. The molecule has 0 saturated carbocycles. The zero-order valence-electron chi connectivity index (χ0n) is 9.79. The molecule has 5 nitrogen and oxygen atoms in total. The summed E-state index contributed by atoms with van der Waals surface area (Å²) in [7, 11) is 1.84. The number of rotatable bonds is 2. The van der Waals surface area contributed by atoms with Crippen molar-refractivity contribution in [3.8, 4) is 0 Å². The number of aromatic nitrogens is 2. The number of nitrogens with zero attached hydrogens (tertiary/aromatic N) is 2. The van der Waals surface area contributed by atoms with Crippen molar-refractivity contribution in [1.29, 1.82) is 0 Å². The lowest BCUT2D eigenvalue weighted by Gasteiger charge is -2.23. The molecular weight excluding hydrogens is 204 g/mol. The molecule has 1 aliphatic rings. The van der Waals surface area contributed by atoms with Crippen molar-refractivity contribution >= 4 is 5.91 Å². The molecule has 0 spiro atoms. The second-order valence-electron chi connectivity index (χ2n) is 4.31. The summed E-state index contributed by atoms with van der Waals surface area (Å²) in [5.74, 6) is -0.0719. The van der Waals surface area contributed by atoms with Gasteiger partial charge >= 0.3 is 0 Å². The second-order valence-corrected chi connectivity index (χ2v) is 4.31. The molecule has 1 amide bonds. The van der Waals surface area contributed by atoms with E-state index in [9.17, 15) is 4.79 Å². The molecule has 1 fully saturated rings. The van der Waals surface area contributed by atoms with Crippen molar-refractivity contribution in [1.82, 2.24) is 20.4 Å². The summed E-state index contributed by atoms with van der Waals surface area (Å²) in [6.07, 6.45) is 2.16. The lowest BCUT2D eigenvalue weighted by atomic mass is 10.1. The van der Waals surface area contributed by atoms with Gasteiger partial charge in [-0.25, -0.2) is 0 Å². The van der Waals surface area contributed by atoms with Gasteiger partial charge in [-0.1, -0.05) is 0 Å². The van der Waals surface area contributed by atoms with E-state index in [1.807, 2.05) is 20.0 Å². The molecular formula is C11H18N4O. The minimum atomic E-state index is -0.0719. The number of aryl methyl sites for hydroxylation is 2. The average molecular weight is 222 g/mol. The monoisotopic (exact) mass is 222 g/mol. The lowest BCUT2D eigenvalue weighted by Crippen LogP contribution is -2.45. The third-order valence-corrected chi connectivity index (χ3v) is 2.98. The smallest absolute Gasteiger partial charge is 0.272 e. The van der Waals surface area contributed by atoms with Crippen LogP contribution < -0.4 is 10.6 Å². The van der Waals surface area contributed by atoms with Gasteiger partial charge in [-0.3, -0.25) is 9.48 Å². The van der Waals surface area contributed by atoms with Gasteiger partial charge in [-0.15, -0.1) is 0 Å². The fourth-order valence-electron chi connectivity index (χ4n) is 1.91. The Labute approximate surface area is 95.2 Å². The Morgan fingerprint density at radius 2 is 2.50 bits per heavy atom. The predicted molar refractivity (Wildman–Crippen MR) is 61.3 cm³/mol. The number of carbonyl (C=O) groups excluding carboxylic acids is 1. The van der Waals surface area contributed by atoms with Crippen molar-refractivity contribution in [2.45, 2.75) is 25.8 Å². The van der Waals surface area contributed by atoms with Crippen molar-refractivity contribution in [3.05, 3.63) is 17.5 Å². The molecule has 2 heterocycles. The first-order valence-corrected chi connectivity index (χ1v) is 5.69. The van der Waals surface area contributed by atoms with Crippen molar-refractivity contribution < 1.29 is 4.79 Å². The van der Waals surface area contributed by atoms with Gasteiger partial charge in [-0.05, 0) is 32.4 Å². The molecule has 2 N–H and O–H groups in total. The molecule has 2 rings (SSSR count). The van der Waals surface area contributed by atoms with Crippen LogP contribution in [0.5, 0.6) is 0 Å². The lowest BCUT2D eigenvalue weighted by molar-refractivity contribution is 0.0925. The summed E-state index contributed by atoms with van der Waals surface area (Å²) >= 11 is 0. The highest BCUT2D eigenvalue weighted by Gasteiger charge is 2.18. The molecule has 88 valence electrons. The van der Waals surface area contributed by atoms with Crippen molar-refractivity contribution in [2.75, 3.05) is 13.1 Å². The summed E-state index contributed by atoms with van der Waals surface area (Å²) in [6.45, 7) is 3.85. The molecule has 0 aromatic carbocycles. The number of piperidine rings is 1. The van der Waals surface area contributed by atoms with Gasteiger partial charge in [0.05, 0.1) is 0 Å². The molecule has 0 unspecified atom stereocenters. The van der Waals surface area contributed by atoms with Crippen LogP contribution in [0.15, 0.2) is 6.07 Å². The first-order valence-electron chi connectivity index (χ1n) is 5.69. The summed E-state index contributed by atoms with van der Waals surface area (Å²) in [4.78, 5) is 11.9. The molecule has 5 heteroatoms. The number of carbonyl (C=O) groups is 1. The van der Waals surface area contributed by atoms with Crippen molar-refractivity contribution in [3.63, 3.8) is 0 Å². The van der Waals surface area contributed by atoms with Gasteiger partial charge in [0, 0.05) is 25.3 Å². The summed E-state index contributed by atoms with van der Waals surface area (Å²) in [5, 5.41) is 10.4. The fourth-order valence-corrected chi connectivity index (χ4v) is 1.91. The molecule has 1 aromatic rings. The van der Waals surface area contributed by atoms with Gasteiger partial charge in [0.25, 0.3) is 5.91 Å². The van der Waals surface area contributed by atoms with Crippen LogP contribution in [0, 0.1) is 6.92 Å². The molecule has 1 saturated heterocycles. The molecule has 1 aliphatic heterocycles. The fraction of sp³-hybridized carbons (Fsp3) is 0.636. The molecule has 0 aliphatic carbocycles. The minimum absolute atomic E-state index is 0.0719. The van der Waals surface area contributed by atoms with Crippen LogP contribution in [0.3, 0.4) is 0 Å². The second kappa shape index (κ2) is 4.65. The highest BCUT2D eigenvalue weighted by molar-refractivity contribution is 5.92. The Kier molecular flexibility index (Phi) is 3.24. The molecule has 1 aromatic heterocycles. The van der Waals surface area contributed by atoms with E-state index < -0.39 is 0 Å². The summed E-state index contributed by atoms with van der Waals surface area (Å²) in [6, 6.07) is 2.05.